The minimum absolute atomic E-state index is 0.0323. The summed E-state index contributed by atoms with van der Waals surface area (Å²) in [6.45, 7) is 2.30. The Hall–Kier alpha value is -3.46. The minimum atomic E-state index is -1.06. The fourth-order valence-electron chi connectivity index (χ4n) is 5.34. The van der Waals surface area contributed by atoms with Crippen molar-refractivity contribution in [2.24, 2.45) is 5.92 Å². The maximum absolute atomic E-state index is 14.3. The van der Waals surface area contributed by atoms with Crippen LogP contribution in [0, 0.1) is 12.8 Å². The second-order valence-electron chi connectivity index (χ2n) is 10.1. The molecule has 2 heterocycles. The summed E-state index contributed by atoms with van der Waals surface area (Å²) in [5.41, 5.74) is 4.09. The average Bonchev–Trinajstić information content (AvgIpc) is 3.47. The van der Waals surface area contributed by atoms with Crippen LogP contribution in [0.3, 0.4) is 0 Å². The van der Waals surface area contributed by atoms with Crippen molar-refractivity contribution >= 4 is 34.7 Å². The fourth-order valence-corrected chi connectivity index (χ4v) is 5.34. The van der Waals surface area contributed by atoms with Gasteiger partial charge in [0.2, 0.25) is 5.91 Å². The number of oxazole rings is 1. The number of anilines is 2. The maximum atomic E-state index is 14.3. The summed E-state index contributed by atoms with van der Waals surface area (Å²) < 4.78 is 26.0. The number of carboxylic acids is 1. The van der Waals surface area contributed by atoms with Gasteiger partial charge in [-0.15, -0.1) is 0 Å². The number of ether oxygens (including phenoxy) is 1. The van der Waals surface area contributed by atoms with Crippen molar-refractivity contribution in [3.8, 4) is 0 Å². The highest BCUT2D eigenvalue weighted by Crippen LogP contribution is 2.29. The van der Waals surface area contributed by atoms with Crippen LogP contribution < -0.4 is 5.32 Å². The second-order valence-corrected chi connectivity index (χ2v) is 10.1. The van der Waals surface area contributed by atoms with Crippen molar-refractivity contribution in [2.75, 3.05) is 18.5 Å². The minimum Gasteiger partial charge on any atom is -0.481 e. The third-order valence-corrected chi connectivity index (χ3v) is 7.41. The quantitative estimate of drug-likeness (QED) is 0.439. The van der Waals surface area contributed by atoms with Crippen molar-refractivity contribution in [1.82, 2.24) is 9.88 Å². The van der Waals surface area contributed by atoms with Crippen LogP contribution >= 0.6 is 0 Å². The molecule has 8 nitrogen and oxygen atoms in total. The van der Waals surface area contributed by atoms with Crippen LogP contribution in [0.15, 0.2) is 46.9 Å². The number of rotatable bonds is 8. The molecule has 0 bridgehead atoms. The summed E-state index contributed by atoms with van der Waals surface area (Å²) in [5, 5.41) is 12.4. The number of aromatic nitrogens is 1. The van der Waals surface area contributed by atoms with E-state index in [0.717, 1.165) is 22.3 Å². The number of aryl methyl sites for hydroxylation is 1. The number of carboxylic acid groups (broad SMARTS) is 1. The first-order chi connectivity index (χ1) is 17.9. The topological polar surface area (TPSA) is 105 Å². The van der Waals surface area contributed by atoms with Crippen molar-refractivity contribution in [1.29, 1.82) is 0 Å². The molecule has 9 heteroatoms. The number of carbonyl (C=O) groups is 2. The summed E-state index contributed by atoms with van der Waals surface area (Å²) >= 11 is 0. The van der Waals surface area contributed by atoms with E-state index >= 15 is 0 Å². The van der Waals surface area contributed by atoms with Crippen LogP contribution in [0.2, 0.25) is 0 Å². The molecule has 1 saturated carbocycles. The molecule has 1 amide bonds. The molecule has 0 spiro atoms. The molecular formula is C28H32FN3O5. The zero-order chi connectivity index (χ0) is 25.9. The Balaban J connectivity index is 1.17. The van der Waals surface area contributed by atoms with E-state index in [1.807, 2.05) is 49.4 Å². The number of nitrogens with one attached hydrogen (secondary N) is 1. The summed E-state index contributed by atoms with van der Waals surface area (Å²) in [6.07, 6.45) is 1.89. The molecule has 2 fully saturated rings. The smallest absolute Gasteiger partial charge is 0.306 e. The first kappa shape index (κ1) is 25.2. The number of likely N-dealkylation sites (tertiary alicyclic amines) is 1. The number of carbonyl (C=O) groups excluding carboxylic acids is 1. The first-order valence-electron chi connectivity index (χ1n) is 12.9. The maximum Gasteiger partial charge on any atom is 0.306 e. The molecule has 2 aliphatic rings. The molecule has 5 rings (SSSR count). The van der Waals surface area contributed by atoms with Gasteiger partial charge < -0.3 is 24.5 Å². The lowest BCUT2D eigenvalue weighted by molar-refractivity contribution is -0.144. The molecule has 37 heavy (non-hydrogen) atoms. The Morgan fingerprint density at radius 2 is 1.97 bits per heavy atom. The van der Waals surface area contributed by atoms with E-state index in [2.05, 4.69) is 10.3 Å². The van der Waals surface area contributed by atoms with Gasteiger partial charge in [-0.2, -0.15) is 4.98 Å². The largest absolute Gasteiger partial charge is 0.481 e. The molecule has 3 aromatic rings. The normalized spacial score (nSPS) is 23.9. The van der Waals surface area contributed by atoms with Gasteiger partial charge in [-0.05, 0) is 61.9 Å². The monoisotopic (exact) mass is 509 g/mol. The van der Waals surface area contributed by atoms with Crippen LogP contribution in [-0.2, 0) is 20.7 Å². The molecular weight excluding hydrogens is 477 g/mol. The van der Waals surface area contributed by atoms with E-state index in [9.17, 15) is 14.0 Å². The highest BCUT2D eigenvalue weighted by Gasteiger charge is 2.36. The van der Waals surface area contributed by atoms with E-state index in [0.29, 0.717) is 37.3 Å². The van der Waals surface area contributed by atoms with Gasteiger partial charge in [-0.1, -0.05) is 24.3 Å². The summed E-state index contributed by atoms with van der Waals surface area (Å²) in [5.74, 6) is -1.18. The van der Waals surface area contributed by atoms with E-state index in [4.69, 9.17) is 14.3 Å². The van der Waals surface area contributed by atoms with Crippen LogP contribution in [0.1, 0.15) is 43.2 Å². The van der Waals surface area contributed by atoms with Gasteiger partial charge in [-0.25, -0.2) is 4.39 Å². The van der Waals surface area contributed by atoms with Gasteiger partial charge >= 0.3 is 5.97 Å². The molecule has 2 N–H and O–H groups in total. The number of amides is 1. The number of para-hydroxylation sites is 2. The van der Waals surface area contributed by atoms with Gasteiger partial charge in [0.15, 0.2) is 5.58 Å². The summed E-state index contributed by atoms with van der Waals surface area (Å²) in [4.78, 5) is 30.3. The van der Waals surface area contributed by atoms with Gasteiger partial charge in [0, 0.05) is 12.1 Å². The zero-order valence-electron chi connectivity index (χ0n) is 20.9. The number of aliphatic carboxylic acids is 1. The van der Waals surface area contributed by atoms with Crippen molar-refractivity contribution < 1.29 is 28.2 Å². The van der Waals surface area contributed by atoms with E-state index in [-0.39, 0.29) is 50.0 Å². The van der Waals surface area contributed by atoms with Gasteiger partial charge in [0.05, 0.1) is 37.6 Å². The molecule has 1 aliphatic heterocycles. The molecule has 1 saturated heterocycles. The highest BCUT2D eigenvalue weighted by molar-refractivity contribution is 5.80. The SMILES string of the molecule is Cc1cc(CC(=O)N2C[C@@H](F)C[C@H]2CO[C@H]2CC[C@H](C(=O)O)CC2)ccc1Nc1nc2ccccc2o1. The van der Waals surface area contributed by atoms with Crippen LogP contribution in [0.4, 0.5) is 16.1 Å². The number of fused-ring (bicyclic) bond motifs is 1. The summed E-state index contributed by atoms with van der Waals surface area (Å²) in [6, 6.07) is 13.3. The second kappa shape index (κ2) is 10.9. The Bertz CT molecular complexity index is 1240. The molecule has 0 radical (unpaired) electrons. The number of benzene rings is 2. The van der Waals surface area contributed by atoms with Crippen LogP contribution in [0.25, 0.3) is 11.1 Å². The standard InChI is InChI=1S/C28H32FN3O5/c1-17-12-18(6-11-23(17)30-28-31-24-4-2-3-5-25(24)37-28)13-26(33)32-15-20(29)14-21(32)16-36-22-9-7-19(8-10-22)27(34)35/h2-6,11-12,19-22H,7-10,13-16H2,1H3,(H,30,31)(H,34,35)/t19-,20-,21-,22-/m0/s1. The molecule has 0 unspecified atom stereocenters. The third kappa shape index (κ3) is 5.93. The lowest BCUT2D eigenvalue weighted by Crippen LogP contribution is -2.40. The van der Waals surface area contributed by atoms with Crippen LogP contribution in [-0.4, -0.2) is 58.3 Å². The van der Waals surface area contributed by atoms with Gasteiger partial charge in [-0.3, -0.25) is 9.59 Å². The molecule has 1 aromatic heterocycles. The Morgan fingerprint density at radius 1 is 1.19 bits per heavy atom. The number of halogens is 1. The highest BCUT2D eigenvalue weighted by atomic mass is 19.1. The first-order valence-corrected chi connectivity index (χ1v) is 12.9. The third-order valence-electron chi connectivity index (χ3n) is 7.41. The van der Waals surface area contributed by atoms with E-state index < -0.39 is 12.1 Å². The Kier molecular flexibility index (Phi) is 7.41. The van der Waals surface area contributed by atoms with Crippen molar-refractivity contribution in [3.05, 3.63) is 53.6 Å². The fraction of sp³-hybridized carbons (Fsp3) is 0.464. The van der Waals surface area contributed by atoms with E-state index in [1.54, 1.807) is 4.90 Å². The average molecular weight is 510 g/mol. The van der Waals surface area contributed by atoms with Crippen molar-refractivity contribution in [3.63, 3.8) is 0 Å². The predicted octanol–water partition coefficient (Wildman–Crippen LogP) is 5.02. The molecule has 196 valence electrons. The van der Waals surface area contributed by atoms with E-state index in [1.165, 1.54) is 0 Å². The lowest BCUT2D eigenvalue weighted by Gasteiger charge is -2.29. The van der Waals surface area contributed by atoms with Crippen molar-refractivity contribution in [2.45, 2.75) is 63.8 Å². The number of hydrogen-bond acceptors (Lipinski definition) is 6. The molecule has 1 aliphatic carbocycles. The zero-order valence-corrected chi connectivity index (χ0v) is 20.9. The molecule has 2 aromatic carbocycles. The van der Waals surface area contributed by atoms with Gasteiger partial charge in [0.1, 0.15) is 11.7 Å². The number of nitrogens with zero attached hydrogens (tertiary/aromatic N) is 2. The number of alkyl halides is 1. The number of hydrogen-bond donors (Lipinski definition) is 2. The Labute approximate surface area is 214 Å². The lowest BCUT2D eigenvalue weighted by atomic mass is 9.87. The molecule has 2 atom stereocenters. The van der Waals surface area contributed by atoms with Crippen LogP contribution in [0.5, 0.6) is 0 Å². The summed E-state index contributed by atoms with van der Waals surface area (Å²) in [7, 11) is 0. The Morgan fingerprint density at radius 3 is 2.70 bits per heavy atom. The predicted molar refractivity (Wildman–Crippen MR) is 137 cm³/mol. The van der Waals surface area contributed by atoms with Gasteiger partial charge in [0.25, 0.3) is 6.01 Å².